The number of nitrogens with zero attached hydrogens (tertiary/aromatic N) is 2. The molecule has 0 aliphatic rings. The minimum absolute atomic E-state index is 0.813. The van der Waals surface area contributed by atoms with Gasteiger partial charge in [-0.25, -0.2) is 0 Å². The monoisotopic (exact) mass is 219 g/mol. The first-order valence-electron chi connectivity index (χ1n) is 5.32. The van der Waals surface area contributed by atoms with Crippen LogP contribution in [0.5, 0.6) is 0 Å². The quantitative estimate of drug-likeness (QED) is 0.563. The molecule has 0 atom stereocenters. The van der Waals surface area contributed by atoms with Crippen molar-refractivity contribution in [3.05, 3.63) is 71.8 Å². The molecule has 0 aliphatic heterocycles. The summed E-state index contributed by atoms with van der Waals surface area (Å²) in [5, 5.41) is 8.60. The van der Waals surface area contributed by atoms with Gasteiger partial charge in [0.15, 0.2) is 6.07 Å². The highest BCUT2D eigenvalue weighted by atomic mass is 14.6. The molecular weight excluding hydrogens is 208 g/mol. The molecule has 2 nitrogen and oxygen atoms in total. The summed E-state index contributed by atoms with van der Waals surface area (Å²) in [6.07, 6.45) is 1.26. The lowest BCUT2D eigenvalue weighted by Gasteiger charge is -1.95. The van der Waals surface area contributed by atoms with Crippen LogP contribution >= 0.6 is 0 Å². The van der Waals surface area contributed by atoms with Crippen molar-refractivity contribution in [2.45, 2.75) is 0 Å². The van der Waals surface area contributed by atoms with E-state index < -0.39 is 0 Å². The average Bonchev–Trinajstić information content (AvgIpc) is 2.42. The summed E-state index contributed by atoms with van der Waals surface area (Å²) >= 11 is 0. The number of nitriles is 1. The summed E-state index contributed by atoms with van der Waals surface area (Å²) in [7, 11) is 0. The van der Waals surface area contributed by atoms with Crippen molar-refractivity contribution in [2.75, 3.05) is 0 Å². The largest absolute Gasteiger partial charge is 0.369 e. The van der Waals surface area contributed by atoms with Crippen LogP contribution in [0, 0.1) is 11.3 Å². The molecule has 2 aromatic carbocycles. The van der Waals surface area contributed by atoms with Crippen LogP contribution in [-0.4, -0.2) is 11.9 Å². The van der Waals surface area contributed by atoms with E-state index in [9.17, 15) is 0 Å². The fourth-order valence-electron chi connectivity index (χ4n) is 1.60. The van der Waals surface area contributed by atoms with E-state index in [1.807, 2.05) is 66.7 Å². The fourth-order valence-corrected chi connectivity index (χ4v) is 1.60. The Morgan fingerprint density at radius 2 is 1.35 bits per heavy atom. The zero-order valence-electron chi connectivity index (χ0n) is 9.25. The fraction of sp³-hybridized carbons (Fsp3) is 0. The first kappa shape index (κ1) is 10.9. The summed E-state index contributed by atoms with van der Waals surface area (Å²) in [6, 6.07) is 21.6. The van der Waals surface area contributed by atoms with Crippen LogP contribution in [0.2, 0.25) is 0 Å². The number of hydrogen-bond acceptors (Lipinski definition) is 1. The summed E-state index contributed by atoms with van der Waals surface area (Å²) in [6.45, 7) is 0. The third-order valence-corrected chi connectivity index (χ3v) is 2.35. The zero-order valence-corrected chi connectivity index (χ0v) is 9.25. The van der Waals surface area contributed by atoms with E-state index in [-0.39, 0.29) is 0 Å². The summed E-state index contributed by atoms with van der Waals surface area (Å²) in [5.74, 6) is 0. The lowest BCUT2D eigenvalue weighted by atomic mass is 10.0. The van der Waals surface area contributed by atoms with E-state index in [1.165, 1.54) is 6.21 Å². The van der Waals surface area contributed by atoms with Crippen molar-refractivity contribution in [1.29, 1.82) is 5.26 Å². The molecule has 0 aliphatic carbocycles. The Morgan fingerprint density at radius 3 is 1.76 bits per heavy atom. The van der Waals surface area contributed by atoms with Gasteiger partial charge in [0.1, 0.15) is 0 Å². The molecule has 0 saturated carbocycles. The highest BCUT2D eigenvalue weighted by Gasteiger charge is 2.14. The molecule has 0 saturated heterocycles. The van der Waals surface area contributed by atoms with Crippen LogP contribution in [0.3, 0.4) is 0 Å². The van der Waals surface area contributed by atoms with E-state index in [2.05, 4.69) is 4.67 Å². The summed E-state index contributed by atoms with van der Waals surface area (Å²) in [4.78, 5) is 0. The topological polar surface area (TPSA) is 37.9 Å². The molecule has 2 rings (SSSR count). The van der Waals surface area contributed by atoms with E-state index in [4.69, 9.17) is 5.26 Å². The molecule has 2 aromatic rings. The normalized spacial score (nSPS) is 8.88. The molecule has 0 aromatic heterocycles. The van der Waals surface area contributed by atoms with Gasteiger partial charge in [0, 0.05) is 0 Å². The lowest BCUT2D eigenvalue weighted by Crippen LogP contribution is -2.06. The third-order valence-electron chi connectivity index (χ3n) is 2.35. The number of benzene rings is 2. The van der Waals surface area contributed by atoms with Gasteiger partial charge in [0.05, 0.1) is 11.1 Å². The van der Waals surface area contributed by atoms with Crippen LogP contribution in [0.1, 0.15) is 11.1 Å². The van der Waals surface area contributed by atoms with Crippen LogP contribution < -0.4 is 4.67 Å². The maximum Gasteiger partial charge on any atom is 0.369 e. The third kappa shape index (κ3) is 2.69. The van der Waals surface area contributed by atoms with Gasteiger partial charge in [-0.3, -0.25) is 0 Å². The number of rotatable bonds is 2. The molecule has 2 heteroatoms. The smallest absolute Gasteiger partial charge is 0.185 e. The van der Waals surface area contributed by atoms with Crippen LogP contribution in [0.25, 0.3) is 0 Å². The Labute approximate surface area is 100 Å². The molecule has 80 valence electrons. The van der Waals surface area contributed by atoms with Crippen LogP contribution in [0.4, 0.5) is 0 Å². The predicted molar refractivity (Wildman–Crippen MR) is 69.9 cm³/mol. The second-order valence-electron chi connectivity index (χ2n) is 3.47. The van der Waals surface area contributed by atoms with Crippen molar-refractivity contribution in [2.24, 2.45) is 0 Å². The van der Waals surface area contributed by atoms with Crippen LogP contribution in [-0.2, 0) is 0 Å². The maximum absolute atomic E-state index is 8.60. The van der Waals surface area contributed by atoms with Gasteiger partial charge in [-0.15, -0.1) is 0 Å². The van der Waals surface area contributed by atoms with Crippen molar-refractivity contribution in [3.63, 3.8) is 0 Å². The molecule has 17 heavy (non-hydrogen) atoms. The van der Waals surface area contributed by atoms with Crippen molar-refractivity contribution >= 4 is 11.9 Å². The Kier molecular flexibility index (Phi) is 3.50. The molecular formula is C15H11N2+. The molecule has 0 unspecified atom stereocenters. The molecule has 0 bridgehead atoms. The molecule has 0 N–H and O–H groups in total. The van der Waals surface area contributed by atoms with E-state index >= 15 is 0 Å². The standard InChI is InChI=1S/C15H11N2/c16-11-12-17-15(13-7-3-1-4-8-13)14-9-5-2-6-10-14/h1-10,12H/q+1. The average molecular weight is 219 g/mol. The summed E-state index contributed by atoms with van der Waals surface area (Å²) in [5.41, 5.74) is 2.82. The number of hydrogen-bond donors (Lipinski definition) is 0. The maximum atomic E-state index is 8.60. The van der Waals surface area contributed by atoms with E-state index in [0.717, 1.165) is 16.8 Å². The van der Waals surface area contributed by atoms with Gasteiger partial charge in [-0.2, -0.15) is 5.26 Å². The van der Waals surface area contributed by atoms with Crippen molar-refractivity contribution in [1.82, 2.24) is 4.67 Å². The Balaban J connectivity index is 2.57. The highest BCUT2D eigenvalue weighted by Crippen LogP contribution is 2.07. The van der Waals surface area contributed by atoms with E-state index in [1.54, 1.807) is 0 Å². The molecule has 0 heterocycles. The first-order valence-corrected chi connectivity index (χ1v) is 5.32. The minimum atomic E-state index is 0.813. The molecule has 0 spiro atoms. The minimum Gasteiger partial charge on any atom is -0.185 e. The van der Waals surface area contributed by atoms with Crippen LogP contribution in [0.15, 0.2) is 60.7 Å². The van der Waals surface area contributed by atoms with Crippen molar-refractivity contribution in [3.8, 4) is 6.07 Å². The molecule has 0 fully saturated rings. The second kappa shape index (κ2) is 5.46. The Hall–Kier alpha value is -2.62. The second-order valence-corrected chi connectivity index (χ2v) is 3.47. The molecule has 0 amide bonds. The Morgan fingerprint density at radius 1 is 0.882 bits per heavy atom. The van der Waals surface area contributed by atoms with Gasteiger partial charge < -0.3 is 0 Å². The Bertz CT molecular complexity index is 544. The first-order chi connectivity index (χ1) is 8.42. The van der Waals surface area contributed by atoms with Gasteiger partial charge in [-0.05, 0) is 24.3 Å². The predicted octanol–water partition coefficient (Wildman–Crippen LogP) is 2.19. The van der Waals surface area contributed by atoms with E-state index in [0.29, 0.717) is 0 Å². The SMILES string of the molecule is N#CC=[N+]=C(c1ccccc1)c1ccccc1. The van der Waals surface area contributed by atoms with Gasteiger partial charge in [0.25, 0.3) is 0 Å². The lowest BCUT2D eigenvalue weighted by molar-refractivity contribution is 1.52. The molecule has 0 radical (unpaired) electrons. The summed E-state index contributed by atoms with van der Waals surface area (Å²) < 4.78 is 4.21. The highest BCUT2D eigenvalue weighted by molar-refractivity contribution is 6.13. The zero-order chi connectivity index (χ0) is 11.9. The van der Waals surface area contributed by atoms with Gasteiger partial charge in [0.2, 0.25) is 0 Å². The van der Waals surface area contributed by atoms with Crippen molar-refractivity contribution < 1.29 is 0 Å². The van der Waals surface area contributed by atoms with Gasteiger partial charge >= 0.3 is 11.9 Å². The van der Waals surface area contributed by atoms with Gasteiger partial charge in [-0.1, -0.05) is 41.1 Å².